The number of hydrogen-bond acceptors (Lipinski definition) is 7. The Morgan fingerprint density at radius 1 is 0.966 bits per heavy atom. The number of aromatic nitrogens is 6. The highest BCUT2D eigenvalue weighted by Gasteiger charge is 2.11. The Morgan fingerprint density at radius 3 is 2.52 bits per heavy atom. The SMILES string of the molecule is CCN(CCN(C)C)c1ccc2nc(-c3ccc4nc(C)nn4n3)cc(=O)n2c1. The maximum Gasteiger partial charge on any atom is 0.258 e. The Morgan fingerprint density at radius 2 is 1.76 bits per heavy atom. The van der Waals surface area contributed by atoms with Gasteiger partial charge in [0, 0.05) is 31.9 Å². The minimum Gasteiger partial charge on any atom is -0.369 e. The number of nitrogens with zero attached hydrogens (tertiary/aromatic N) is 8. The van der Waals surface area contributed by atoms with E-state index in [2.05, 4.69) is 51.0 Å². The van der Waals surface area contributed by atoms with Gasteiger partial charge in [-0.2, -0.15) is 0 Å². The molecule has 0 fully saturated rings. The maximum atomic E-state index is 12.8. The van der Waals surface area contributed by atoms with Crippen LogP contribution < -0.4 is 10.5 Å². The molecule has 0 aliphatic heterocycles. The van der Waals surface area contributed by atoms with E-state index in [1.54, 1.807) is 10.5 Å². The van der Waals surface area contributed by atoms with Crippen molar-refractivity contribution in [3.8, 4) is 11.4 Å². The Bertz CT molecular complexity index is 1230. The molecular formula is C20H24N8O. The molecule has 0 bridgehead atoms. The molecule has 9 heteroatoms. The number of hydrogen-bond donors (Lipinski definition) is 0. The third-order valence-corrected chi connectivity index (χ3v) is 4.78. The average molecular weight is 392 g/mol. The van der Waals surface area contributed by atoms with Gasteiger partial charge in [-0.25, -0.2) is 9.97 Å². The van der Waals surface area contributed by atoms with Crippen LogP contribution in [0, 0.1) is 6.92 Å². The summed E-state index contributed by atoms with van der Waals surface area (Å²) < 4.78 is 3.04. The van der Waals surface area contributed by atoms with E-state index in [9.17, 15) is 4.79 Å². The van der Waals surface area contributed by atoms with Gasteiger partial charge < -0.3 is 9.80 Å². The fourth-order valence-electron chi connectivity index (χ4n) is 3.22. The summed E-state index contributed by atoms with van der Waals surface area (Å²) in [5.41, 5.74) is 3.18. The van der Waals surface area contributed by atoms with Crippen molar-refractivity contribution in [3.05, 3.63) is 52.7 Å². The summed E-state index contributed by atoms with van der Waals surface area (Å²) in [6.45, 7) is 6.60. The third kappa shape index (κ3) is 3.81. The van der Waals surface area contributed by atoms with E-state index in [1.165, 1.54) is 10.7 Å². The van der Waals surface area contributed by atoms with Crippen LogP contribution in [0.3, 0.4) is 0 Å². The van der Waals surface area contributed by atoms with Crippen molar-refractivity contribution in [1.29, 1.82) is 0 Å². The number of anilines is 1. The average Bonchev–Trinajstić information content (AvgIpc) is 3.07. The van der Waals surface area contributed by atoms with Gasteiger partial charge in [0.1, 0.15) is 17.2 Å². The standard InChI is InChI=1S/C20H24N8O/c1-5-26(11-10-25(3)4)15-6-8-18-22-17(12-20(29)27(18)13-15)16-7-9-19-21-14(2)23-28(19)24-16/h6-9,12-13H,5,10-11H2,1-4H3. The van der Waals surface area contributed by atoms with Crippen LogP contribution in [0.1, 0.15) is 12.7 Å². The molecule has 4 rings (SSSR count). The lowest BCUT2D eigenvalue weighted by Crippen LogP contribution is -2.32. The predicted octanol–water partition coefficient (Wildman–Crippen LogP) is 1.50. The van der Waals surface area contributed by atoms with Gasteiger partial charge in [0.2, 0.25) is 0 Å². The first-order valence-electron chi connectivity index (χ1n) is 9.59. The van der Waals surface area contributed by atoms with Gasteiger partial charge in [-0.1, -0.05) is 0 Å². The van der Waals surface area contributed by atoms with E-state index in [-0.39, 0.29) is 5.56 Å². The molecule has 150 valence electrons. The predicted molar refractivity (Wildman–Crippen MR) is 112 cm³/mol. The topological polar surface area (TPSA) is 83.9 Å². The van der Waals surface area contributed by atoms with Crippen molar-refractivity contribution in [2.75, 3.05) is 38.6 Å². The quantitative estimate of drug-likeness (QED) is 0.492. The lowest BCUT2D eigenvalue weighted by Gasteiger charge is -2.25. The summed E-state index contributed by atoms with van der Waals surface area (Å²) in [5.74, 6) is 0.642. The zero-order chi connectivity index (χ0) is 20.5. The number of fused-ring (bicyclic) bond motifs is 2. The molecule has 0 aromatic carbocycles. The van der Waals surface area contributed by atoms with Crippen LogP contribution in [0.2, 0.25) is 0 Å². The summed E-state index contributed by atoms with van der Waals surface area (Å²) in [6, 6.07) is 9.00. The molecule has 0 unspecified atom stereocenters. The van der Waals surface area contributed by atoms with Gasteiger partial charge in [-0.05, 0) is 52.2 Å². The number of aryl methyl sites for hydroxylation is 1. The molecule has 0 aliphatic rings. The van der Waals surface area contributed by atoms with Gasteiger partial charge in [0.15, 0.2) is 5.65 Å². The maximum absolute atomic E-state index is 12.8. The van der Waals surface area contributed by atoms with E-state index < -0.39 is 0 Å². The van der Waals surface area contributed by atoms with Gasteiger partial charge in [-0.15, -0.1) is 14.8 Å². The molecule has 9 nitrogen and oxygen atoms in total. The van der Waals surface area contributed by atoms with E-state index in [4.69, 9.17) is 0 Å². The van der Waals surface area contributed by atoms with Crippen molar-refractivity contribution in [1.82, 2.24) is 34.1 Å². The molecule has 0 N–H and O–H groups in total. The fraction of sp³-hybridized carbons (Fsp3) is 0.350. The largest absolute Gasteiger partial charge is 0.369 e. The summed E-state index contributed by atoms with van der Waals surface area (Å²) in [5, 5.41) is 8.66. The van der Waals surface area contributed by atoms with E-state index in [1.807, 2.05) is 31.3 Å². The van der Waals surface area contributed by atoms with Crippen LogP contribution in [0.15, 0.2) is 41.3 Å². The molecule has 0 saturated carbocycles. The van der Waals surface area contributed by atoms with Gasteiger partial charge in [-0.3, -0.25) is 9.20 Å². The Labute approximate surface area is 168 Å². The normalized spacial score (nSPS) is 11.6. The summed E-state index contributed by atoms with van der Waals surface area (Å²) in [4.78, 5) is 26.1. The van der Waals surface area contributed by atoms with Crippen LogP contribution in [0.4, 0.5) is 5.69 Å². The Hall–Kier alpha value is -3.33. The van der Waals surface area contributed by atoms with Crippen LogP contribution in [-0.4, -0.2) is 67.8 Å². The summed E-state index contributed by atoms with van der Waals surface area (Å²) in [7, 11) is 4.10. The van der Waals surface area contributed by atoms with Crippen LogP contribution in [-0.2, 0) is 0 Å². The van der Waals surface area contributed by atoms with Crippen molar-refractivity contribution < 1.29 is 0 Å². The molecule has 4 heterocycles. The first-order valence-corrected chi connectivity index (χ1v) is 9.59. The van der Waals surface area contributed by atoms with Crippen LogP contribution >= 0.6 is 0 Å². The van der Waals surface area contributed by atoms with Crippen molar-refractivity contribution in [2.24, 2.45) is 0 Å². The summed E-state index contributed by atoms with van der Waals surface area (Å²) >= 11 is 0. The fourth-order valence-corrected chi connectivity index (χ4v) is 3.22. The minimum atomic E-state index is -0.146. The number of likely N-dealkylation sites (N-methyl/N-ethyl adjacent to an activating group) is 2. The van der Waals surface area contributed by atoms with Gasteiger partial charge in [0.05, 0.1) is 11.4 Å². The van der Waals surface area contributed by atoms with E-state index in [0.717, 1.165) is 25.3 Å². The highest BCUT2D eigenvalue weighted by molar-refractivity contribution is 5.60. The molecule has 0 saturated heterocycles. The molecule has 4 aromatic rings. The third-order valence-electron chi connectivity index (χ3n) is 4.78. The van der Waals surface area contributed by atoms with E-state index >= 15 is 0 Å². The number of pyridine rings is 1. The van der Waals surface area contributed by atoms with Crippen molar-refractivity contribution >= 4 is 17.0 Å². The van der Waals surface area contributed by atoms with Crippen LogP contribution in [0.5, 0.6) is 0 Å². The lowest BCUT2D eigenvalue weighted by molar-refractivity contribution is 0.414. The Balaban J connectivity index is 1.72. The highest BCUT2D eigenvalue weighted by Crippen LogP contribution is 2.17. The van der Waals surface area contributed by atoms with Crippen molar-refractivity contribution in [2.45, 2.75) is 13.8 Å². The smallest absolute Gasteiger partial charge is 0.258 e. The van der Waals surface area contributed by atoms with Gasteiger partial charge in [0.25, 0.3) is 5.56 Å². The molecule has 0 spiro atoms. The molecule has 29 heavy (non-hydrogen) atoms. The Kier molecular flexibility index (Phi) is 4.98. The molecule has 0 amide bonds. The highest BCUT2D eigenvalue weighted by atomic mass is 16.1. The van der Waals surface area contributed by atoms with Gasteiger partial charge >= 0.3 is 0 Å². The second kappa shape index (κ2) is 7.59. The van der Waals surface area contributed by atoms with Crippen LogP contribution in [0.25, 0.3) is 22.7 Å². The monoisotopic (exact) mass is 392 g/mol. The van der Waals surface area contributed by atoms with Crippen molar-refractivity contribution in [3.63, 3.8) is 0 Å². The van der Waals surface area contributed by atoms with E-state index in [0.29, 0.717) is 28.5 Å². The number of rotatable bonds is 6. The molecule has 0 aliphatic carbocycles. The molecule has 0 atom stereocenters. The molecular weight excluding hydrogens is 368 g/mol. The molecule has 4 aromatic heterocycles. The first kappa shape index (κ1) is 19.0. The zero-order valence-corrected chi connectivity index (χ0v) is 17.1. The zero-order valence-electron chi connectivity index (χ0n) is 17.1. The molecule has 0 radical (unpaired) electrons. The minimum absolute atomic E-state index is 0.146. The first-order chi connectivity index (χ1) is 13.9. The summed E-state index contributed by atoms with van der Waals surface area (Å²) in [6.07, 6.45) is 1.85. The lowest BCUT2D eigenvalue weighted by atomic mass is 10.2. The second-order valence-electron chi connectivity index (χ2n) is 7.20. The second-order valence-corrected chi connectivity index (χ2v) is 7.20.